The second-order valence-electron chi connectivity index (χ2n) is 7.54. The molecule has 1 aromatic rings. The Morgan fingerprint density at radius 2 is 1.97 bits per heavy atom. The van der Waals surface area contributed by atoms with Gasteiger partial charge in [-0.1, -0.05) is 30.3 Å². The summed E-state index contributed by atoms with van der Waals surface area (Å²) < 4.78 is 10.6. The SMILES string of the molecule is O=C[C@H](C[C@@H]1CCNC1=O)NC(=O)[C@H](C[C@H]1CCO1)NC(=O)OCc1ccccc1. The predicted octanol–water partition coefficient (Wildman–Crippen LogP) is 0.670. The quantitative estimate of drug-likeness (QED) is 0.481. The van der Waals surface area contributed by atoms with E-state index in [4.69, 9.17) is 9.47 Å². The summed E-state index contributed by atoms with van der Waals surface area (Å²) in [6.45, 7) is 1.26. The van der Waals surface area contributed by atoms with Crippen LogP contribution in [0.4, 0.5) is 4.79 Å². The number of carbonyl (C=O) groups excluding carboxylic acids is 4. The molecule has 0 radical (unpaired) electrons. The van der Waals surface area contributed by atoms with E-state index in [1.54, 1.807) is 0 Å². The van der Waals surface area contributed by atoms with Gasteiger partial charge in [0.2, 0.25) is 11.8 Å². The molecule has 2 saturated heterocycles. The van der Waals surface area contributed by atoms with Crippen molar-refractivity contribution in [1.29, 1.82) is 0 Å². The van der Waals surface area contributed by atoms with Crippen LogP contribution < -0.4 is 16.0 Å². The summed E-state index contributed by atoms with van der Waals surface area (Å²) in [5.41, 5.74) is 0.826. The smallest absolute Gasteiger partial charge is 0.408 e. The van der Waals surface area contributed by atoms with E-state index in [1.807, 2.05) is 30.3 Å². The van der Waals surface area contributed by atoms with Gasteiger partial charge in [0, 0.05) is 25.5 Å². The van der Waals surface area contributed by atoms with Gasteiger partial charge in [-0.05, 0) is 24.8 Å². The Labute approximate surface area is 174 Å². The Bertz CT molecular complexity index is 752. The van der Waals surface area contributed by atoms with E-state index in [0.717, 1.165) is 12.0 Å². The number of ether oxygens (including phenoxy) is 2. The van der Waals surface area contributed by atoms with Crippen molar-refractivity contribution in [2.24, 2.45) is 5.92 Å². The van der Waals surface area contributed by atoms with Gasteiger partial charge in [0.15, 0.2) is 0 Å². The fourth-order valence-corrected chi connectivity index (χ4v) is 3.48. The minimum absolute atomic E-state index is 0.0781. The number of nitrogens with one attached hydrogen (secondary N) is 3. The molecule has 9 nitrogen and oxygen atoms in total. The summed E-state index contributed by atoms with van der Waals surface area (Å²) in [5.74, 6) is -0.923. The number of benzene rings is 1. The van der Waals surface area contributed by atoms with Gasteiger partial charge in [0.1, 0.15) is 18.9 Å². The molecule has 0 bridgehead atoms. The highest BCUT2D eigenvalue weighted by Crippen LogP contribution is 2.18. The van der Waals surface area contributed by atoms with Crippen LogP contribution in [0.1, 0.15) is 31.2 Å². The number of hydrogen-bond acceptors (Lipinski definition) is 6. The van der Waals surface area contributed by atoms with Crippen molar-refractivity contribution in [1.82, 2.24) is 16.0 Å². The largest absolute Gasteiger partial charge is 0.445 e. The monoisotopic (exact) mass is 417 g/mol. The van der Waals surface area contributed by atoms with E-state index in [1.165, 1.54) is 0 Å². The van der Waals surface area contributed by atoms with Crippen LogP contribution in [-0.2, 0) is 30.5 Å². The zero-order chi connectivity index (χ0) is 21.3. The molecule has 0 aromatic heterocycles. The van der Waals surface area contributed by atoms with E-state index in [2.05, 4.69) is 16.0 Å². The molecule has 3 N–H and O–H groups in total. The maximum Gasteiger partial charge on any atom is 0.408 e. The topological polar surface area (TPSA) is 123 Å². The zero-order valence-electron chi connectivity index (χ0n) is 16.7. The molecule has 30 heavy (non-hydrogen) atoms. The summed E-state index contributed by atoms with van der Waals surface area (Å²) >= 11 is 0. The minimum Gasteiger partial charge on any atom is -0.445 e. The third-order valence-electron chi connectivity index (χ3n) is 5.31. The molecule has 0 saturated carbocycles. The first kappa shape index (κ1) is 21.8. The van der Waals surface area contributed by atoms with Crippen molar-refractivity contribution < 1.29 is 28.7 Å². The van der Waals surface area contributed by atoms with Crippen molar-refractivity contribution >= 4 is 24.2 Å². The van der Waals surface area contributed by atoms with Gasteiger partial charge in [-0.2, -0.15) is 0 Å². The molecular formula is C21H27N3O6. The normalized spacial score (nSPS) is 22.2. The van der Waals surface area contributed by atoms with Crippen LogP contribution in [0.15, 0.2) is 30.3 Å². The molecule has 0 spiro atoms. The lowest BCUT2D eigenvalue weighted by Gasteiger charge is -2.30. The van der Waals surface area contributed by atoms with Gasteiger partial charge in [-0.15, -0.1) is 0 Å². The van der Waals surface area contributed by atoms with Crippen LogP contribution in [0, 0.1) is 5.92 Å². The lowest BCUT2D eigenvalue weighted by Crippen LogP contribution is -2.52. The number of hydrogen-bond donors (Lipinski definition) is 3. The van der Waals surface area contributed by atoms with E-state index in [0.29, 0.717) is 25.9 Å². The molecule has 2 fully saturated rings. The summed E-state index contributed by atoms with van der Waals surface area (Å²) in [4.78, 5) is 48.2. The molecule has 3 rings (SSSR count). The average Bonchev–Trinajstić information content (AvgIpc) is 3.12. The molecule has 2 aliphatic rings. The standard InChI is InChI=1S/C21H27N3O6/c25-12-16(10-15-6-8-22-19(15)26)23-20(27)18(11-17-7-9-29-17)24-21(28)30-13-14-4-2-1-3-5-14/h1-5,12,15-18H,6-11,13H2,(H,22,26)(H,23,27)(H,24,28)/t15-,16-,17+,18-/m0/s1. The average molecular weight is 417 g/mol. The molecule has 162 valence electrons. The summed E-state index contributed by atoms with van der Waals surface area (Å²) in [6, 6.07) is 7.48. The van der Waals surface area contributed by atoms with Crippen LogP contribution in [-0.4, -0.2) is 55.5 Å². The number of aldehydes is 1. The second-order valence-corrected chi connectivity index (χ2v) is 7.54. The molecule has 0 unspecified atom stereocenters. The van der Waals surface area contributed by atoms with Crippen molar-refractivity contribution in [3.63, 3.8) is 0 Å². The summed E-state index contributed by atoms with van der Waals surface area (Å²) in [6.07, 6.45) is 1.69. The van der Waals surface area contributed by atoms with Crippen LogP contribution in [0.2, 0.25) is 0 Å². The van der Waals surface area contributed by atoms with Crippen molar-refractivity contribution in [3.8, 4) is 0 Å². The highest BCUT2D eigenvalue weighted by atomic mass is 16.5. The highest BCUT2D eigenvalue weighted by Gasteiger charge is 2.32. The van der Waals surface area contributed by atoms with Crippen molar-refractivity contribution in [2.75, 3.05) is 13.2 Å². The van der Waals surface area contributed by atoms with E-state index in [-0.39, 0.29) is 37.4 Å². The summed E-state index contributed by atoms with van der Waals surface area (Å²) in [7, 11) is 0. The summed E-state index contributed by atoms with van der Waals surface area (Å²) in [5, 5.41) is 7.92. The number of carbonyl (C=O) groups is 4. The molecule has 2 heterocycles. The van der Waals surface area contributed by atoms with E-state index >= 15 is 0 Å². The number of alkyl carbamates (subject to hydrolysis) is 1. The first-order chi connectivity index (χ1) is 14.5. The van der Waals surface area contributed by atoms with Gasteiger partial charge >= 0.3 is 6.09 Å². The van der Waals surface area contributed by atoms with Gasteiger partial charge in [0.05, 0.1) is 12.1 Å². The first-order valence-electron chi connectivity index (χ1n) is 10.2. The first-order valence-corrected chi connectivity index (χ1v) is 10.2. The van der Waals surface area contributed by atoms with Gasteiger partial charge < -0.3 is 30.2 Å². The third-order valence-corrected chi connectivity index (χ3v) is 5.31. The predicted molar refractivity (Wildman–Crippen MR) is 106 cm³/mol. The molecule has 0 aliphatic carbocycles. The van der Waals surface area contributed by atoms with Crippen LogP contribution >= 0.6 is 0 Å². The number of rotatable bonds is 10. The lowest BCUT2D eigenvalue weighted by atomic mass is 9.98. The number of amides is 3. The fraction of sp³-hybridized carbons (Fsp3) is 0.524. The van der Waals surface area contributed by atoms with Gasteiger partial charge in [-0.25, -0.2) is 4.79 Å². The second kappa shape index (κ2) is 10.7. The molecule has 3 amide bonds. The van der Waals surface area contributed by atoms with Crippen LogP contribution in [0.3, 0.4) is 0 Å². The maximum atomic E-state index is 12.8. The minimum atomic E-state index is -0.904. The Morgan fingerprint density at radius 1 is 1.20 bits per heavy atom. The highest BCUT2D eigenvalue weighted by molar-refractivity contribution is 5.88. The Hall–Kier alpha value is -2.94. The van der Waals surface area contributed by atoms with E-state index in [9.17, 15) is 19.2 Å². The lowest BCUT2D eigenvalue weighted by molar-refractivity contribution is -0.129. The molecule has 9 heteroatoms. The van der Waals surface area contributed by atoms with Crippen LogP contribution in [0.25, 0.3) is 0 Å². The molecule has 2 aliphatic heterocycles. The van der Waals surface area contributed by atoms with Gasteiger partial charge in [0.25, 0.3) is 0 Å². The van der Waals surface area contributed by atoms with Crippen LogP contribution in [0.5, 0.6) is 0 Å². The van der Waals surface area contributed by atoms with Crippen molar-refractivity contribution in [2.45, 2.75) is 50.5 Å². The maximum absolute atomic E-state index is 12.8. The Morgan fingerprint density at radius 3 is 2.57 bits per heavy atom. The third kappa shape index (κ3) is 6.28. The fourth-order valence-electron chi connectivity index (χ4n) is 3.48. The van der Waals surface area contributed by atoms with E-state index < -0.39 is 24.1 Å². The molecule has 4 atom stereocenters. The van der Waals surface area contributed by atoms with Gasteiger partial charge in [-0.3, -0.25) is 9.59 Å². The molecule has 1 aromatic carbocycles. The van der Waals surface area contributed by atoms with Crippen molar-refractivity contribution in [3.05, 3.63) is 35.9 Å². The Balaban J connectivity index is 1.54. The Kier molecular flexibility index (Phi) is 7.78. The zero-order valence-corrected chi connectivity index (χ0v) is 16.7. The molecular weight excluding hydrogens is 390 g/mol.